The van der Waals surface area contributed by atoms with E-state index in [-0.39, 0.29) is 23.4 Å². The van der Waals surface area contributed by atoms with Crippen molar-refractivity contribution in [3.8, 4) is 5.75 Å². The maximum Gasteiger partial charge on any atom is 0.348 e. The van der Waals surface area contributed by atoms with Crippen molar-refractivity contribution in [3.63, 3.8) is 0 Å². The number of hydrogen-bond donors (Lipinski definition) is 0. The lowest BCUT2D eigenvalue weighted by Gasteiger charge is -2.36. The van der Waals surface area contributed by atoms with Gasteiger partial charge in [-0.05, 0) is 50.1 Å². The van der Waals surface area contributed by atoms with Gasteiger partial charge in [0.2, 0.25) is 15.9 Å². The topological polar surface area (TPSA) is 105 Å². The van der Waals surface area contributed by atoms with Crippen molar-refractivity contribution >= 4 is 32.5 Å². The third kappa shape index (κ3) is 5.00. The zero-order valence-electron chi connectivity index (χ0n) is 21.7. The van der Waals surface area contributed by atoms with E-state index in [1.807, 2.05) is 31.2 Å². The second-order valence-electron chi connectivity index (χ2n) is 9.85. The van der Waals surface area contributed by atoms with Crippen LogP contribution < -0.4 is 15.3 Å². The number of ether oxygens (including phenoxy) is 1. The Morgan fingerprint density at radius 2 is 1.82 bits per heavy atom. The minimum Gasteiger partial charge on any atom is -0.495 e. The van der Waals surface area contributed by atoms with Crippen LogP contribution in [0.15, 0.2) is 58.4 Å². The molecule has 0 N–H and O–H groups in total. The molecule has 5 rings (SSSR count). The predicted molar refractivity (Wildman–Crippen MR) is 145 cm³/mol. The van der Waals surface area contributed by atoms with E-state index in [0.717, 1.165) is 30.7 Å². The molecule has 2 aromatic carbocycles. The van der Waals surface area contributed by atoms with Crippen molar-refractivity contribution in [1.29, 1.82) is 0 Å². The summed E-state index contributed by atoms with van der Waals surface area (Å²) < 4.78 is 35.0. The SMILES string of the molecule is COc1ccccc1N1CCN(C(=O)Cn2c(=O)ncc3cc(S(=O)(=O)N4CCCCC4C)ccc32)CC1. The number of fused-ring (bicyclic) bond motifs is 1. The van der Waals surface area contributed by atoms with Gasteiger partial charge in [-0.3, -0.25) is 9.36 Å². The van der Waals surface area contributed by atoms with Gasteiger partial charge in [-0.2, -0.15) is 4.31 Å². The third-order valence-corrected chi connectivity index (χ3v) is 9.54. The van der Waals surface area contributed by atoms with Gasteiger partial charge in [0, 0.05) is 50.3 Å². The molecule has 2 fully saturated rings. The van der Waals surface area contributed by atoms with Crippen LogP contribution in [0.4, 0.5) is 5.69 Å². The fourth-order valence-electron chi connectivity index (χ4n) is 5.38. The Bertz CT molecular complexity index is 1500. The highest BCUT2D eigenvalue weighted by Gasteiger charge is 2.31. The Hall–Kier alpha value is -3.44. The first-order valence-corrected chi connectivity index (χ1v) is 14.4. The van der Waals surface area contributed by atoms with Crippen LogP contribution in [0.1, 0.15) is 26.2 Å². The molecule has 3 aromatic rings. The number of carbonyl (C=O) groups is 1. The number of aromatic nitrogens is 2. The minimum absolute atomic E-state index is 0.0578. The monoisotopic (exact) mass is 539 g/mol. The quantitative estimate of drug-likeness (QED) is 0.473. The Balaban J connectivity index is 1.33. The molecule has 2 aliphatic rings. The van der Waals surface area contributed by atoms with Gasteiger partial charge in [0.1, 0.15) is 12.3 Å². The number of para-hydroxylation sites is 2. The fourth-order valence-corrected chi connectivity index (χ4v) is 7.12. The molecular weight excluding hydrogens is 506 g/mol. The molecule has 0 saturated carbocycles. The van der Waals surface area contributed by atoms with Crippen molar-refractivity contribution in [3.05, 3.63) is 59.1 Å². The first-order chi connectivity index (χ1) is 18.3. The van der Waals surface area contributed by atoms with Crippen molar-refractivity contribution in [2.24, 2.45) is 0 Å². The maximum absolute atomic E-state index is 13.3. The normalized spacial score (nSPS) is 19.1. The Morgan fingerprint density at radius 1 is 1.05 bits per heavy atom. The van der Waals surface area contributed by atoms with Gasteiger partial charge in [-0.1, -0.05) is 18.6 Å². The molecule has 10 nitrogen and oxygen atoms in total. The molecule has 1 aromatic heterocycles. The van der Waals surface area contributed by atoms with Crippen LogP contribution in [-0.2, 0) is 21.4 Å². The Morgan fingerprint density at radius 3 is 2.55 bits per heavy atom. The highest BCUT2D eigenvalue weighted by Crippen LogP contribution is 2.29. The molecule has 202 valence electrons. The Kier molecular flexibility index (Phi) is 7.40. The number of sulfonamides is 1. The van der Waals surface area contributed by atoms with Crippen LogP contribution in [0.25, 0.3) is 10.9 Å². The molecule has 0 radical (unpaired) electrons. The predicted octanol–water partition coefficient (Wildman–Crippen LogP) is 2.32. The largest absolute Gasteiger partial charge is 0.495 e. The van der Waals surface area contributed by atoms with Crippen LogP contribution >= 0.6 is 0 Å². The van der Waals surface area contributed by atoms with Crippen molar-refractivity contribution in [1.82, 2.24) is 18.8 Å². The number of benzene rings is 2. The van der Waals surface area contributed by atoms with E-state index in [1.54, 1.807) is 28.4 Å². The summed E-state index contributed by atoms with van der Waals surface area (Å²) in [5.74, 6) is 0.608. The second-order valence-corrected chi connectivity index (χ2v) is 11.7. The molecule has 0 aliphatic carbocycles. The summed E-state index contributed by atoms with van der Waals surface area (Å²) in [6, 6.07) is 12.4. The van der Waals surface area contributed by atoms with Crippen molar-refractivity contribution in [2.45, 2.75) is 43.7 Å². The minimum atomic E-state index is -3.67. The third-order valence-electron chi connectivity index (χ3n) is 7.53. The Labute approximate surface area is 222 Å². The number of methoxy groups -OCH3 is 1. The number of piperidine rings is 1. The zero-order valence-corrected chi connectivity index (χ0v) is 22.6. The molecule has 3 heterocycles. The molecule has 11 heteroatoms. The van der Waals surface area contributed by atoms with Gasteiger partial charge in [0.05, 0.1) is 23.2 Å². The first kappa shape index (κ1) is 26.2. The number of amides is 1. The highest BCUT2D eigenvalue weighted by atomic mass is 32.2. The van der Waals surface area contributed by atoms with Crippen molar-refractivity contribution in [2.75, 3.05) is 44.7 Å². The molecule has 1 atom stereocenters. The van der Waals surface area contributed by atoms with E-state index in [9.17, 15) is 18.0 Å². The van der Waals surface area contributed by atoms with Gasteiger partial charge < -0.3 is 14.5 Å². The van der Waals surface area contributed by atoms with Crippen LogP contribution in [0.2, 0.25) is 0 Å². The summed E-state index contributed by atoms with van der Waals surface area (Å²) in [5, 5.41) is 0.504. The summed E-state index contributed by atoms with van der Waals surface area (Å²) in [6.07, 6.45) is 4.07. The zero-order chi connectivity index (χ0) is 26.9. The van der Waals surface area contributed by atoms with Crippen LogP contribution in [0.5, 0.6) is 5.75 Å². The summed E-state index contributed by atoms with van der Waals surface area (Å²) in [7, 11) is -2.03. The summed E-state index contributed by atoms with van der Waals surface area (Å²) in [6.45, 7) is 4.58. The summed E-state index contributed by atoms with van der Waals surface area (Å²) in [5.41, 5.74) is 0.927. The van der Waals surface area contributed by atoms with E-state index in [4.69, 9.17) is 4.74 Å². The first-order valence-electron chi connectivity index (χ1n) is 13.0. The lowest BCUT2D eigenvalue weighted by molar-refractivity contribution is -0.132. The van der Waals surface area contributed by atoms with Gasteiger partial charge in [0.25, 0.3) is 0 Å². The fraction of sp³-hybridized carbons (Fsp3) is 0.444. The maximum atomic E-state index is 13.3. The number of piperazine rings is 1. The van der Waals surface area contributed by atoms with Crippen molar-refractivity contribution < 1.29 is 17.9 Å². The van der Waals surface area contributed by atoms with Gasteiger partial charge >= 0.3 is 5.69 Å². The molecule has 1 unspecified atom stereocenters. The standard InChI is InChI=1S/C27H33N5O5S/c1-20-7-5-6-12-32(20)38(35,36)22-10-11-23-21(17-22)18-28-27(34)31(23)19-26(33)30-15-13-29(14-16-30)24-8-3-4-9-25(24)37-2/h3-4,8-11,17-18,20H,5-7,12-16,19H2,1-2H3. The smallest absolute Gasteiger partial charge is 0.348 e. The lowest BCUT2D eigenvalue weighted by Crippen LogP contribution is -2.50. The molecular formula is C27H33N5O5S. The van der Waals surface area contributed by atoms with E-state index < -0.39 is 15.7 Å². The average Bonchev–Trinajstić information content (AvgIpc) is 2.94. The van der Waals surface area contributed by atoms with E-state index in [1.165, 1.54) is 16.8 Å². The van der Waals surface area contributed by atoms with Crippen LogP contribution in [-0.4, -0.2) is 79.0 Å². The molecule has 0 bridgehead atoms. The molecule has 0 spiro atoms. The summed E-state index contributed by atoms with van der Waals surface area (Å²) >= 11 is 0. The van der Waals surface area contributed by atoms with E-state index >= 15 is 0 Å². The molecule has 2 aliphatic heterocycles. The number of rotatable bonds is 6. The highest BCUT2D eigenvalue weighted by molar-refractivity contribution is 7.89. The van der Waals surface area contributed by atoms with Gasteiger partial charge in [-0.25, -0.2) is 18.2 Å². The summed E-state index contributed by atoms with van der Waals surface area (Å²) in [4.78, 5) is 33.9. The van der Waals surface area contributed by atoms with Gasteiger partial charge in [-0.15, -0.1) is 0 Å². The number of carbonyl (C=O) groups excluding carboxylic acids is 1. The molecule has 2 saturated heterocycles. The molecule has 1 amide bonds. The van der Waals surface area contributed by atoms with Crippen LogP contribution in [0, 0.1) is 0 Å². The average molecular weight is 540 g/mol. The lowest BCUT2D eigenvalue weighted by atomic mass is 10.1. The van der Waals surface area contributed by atoms with Gasteiger partial charge in [0.15, 0.2) is 0 Å². The van der Waals surface area contributed by atoms with E-state index in [0.29, 0.717) is 43.6 Å². The number of nitrogens with zero attached hydrogens (tertiary/aromatic N) is 5. The number of anilines is 1. The van der Waals surface area contributed by atoms with Crippen LogP contribution in [0.3, 0.4) is 0 Å². The molecule has 38 heavy (non-hydrogen) atoms. The van der Waals surface area contributed by atoms with E-state index in [2.05, 4.69) is 9.88 Å². The number of hydrogen-bond acceptors (Lipinski definition) is 7. The second kappa shape index (κ2) is 10.7.